The van der Waals surface area contributed by atoms with Crippen LogP contribution in [0.5, 0.6) is 11.5 Å². The molecule has 2 aromatic carbocycles. The molecule has 0 saturated heterocycles. The Labute approximate surface area is 118 Å². The fraction of sp³-hybridized carbons (Fsp3) is 0. The van der Waals surface area contributed by atoms with Crippen LogP contribution < -0.4 is 4.74 Å². The van der Waals surface area contributed by atoms with Crippen LogP contribution in [0.3, 0.4) is 0 Å². The molecule has 0 spiro atoms. The van der Waals surface area contributed by atoms with Gasteiger partial charge in [-0.15, -0.1) is 0 Å². The molecule has 0 aliphatic rings. The van der Waals surface area contributed by atoms with Crippen molar-refractivity contribution < 1.29 is 14.6 Å². The van der Waals surface area contributed by atoms with Crippen LogP contribution in [0.4, 0.5) is 11.4 Å². The Hall–Kier alpha value is -3.47. The minimum absolute atomic E-state index is 0.136. The maximum absolute atomic E-state index is 11.0. The summed E-state index contributed by atoms with van der Waals surface area (Å²) in [6, 6.07) is 11.1. The Bertz CT molecular complexity index is 767. The first-order chi connectivity index (χ1) is 10.0. The van der Waals surface area contributed by atoms with Crippen molar-refractivity contribution in [2.24, 2.45) is 0 Å². The van der Waals surface area contributed by atoms with Crippen LogP contribution in [0.2, 0.25) is 0 Å². The van der Waals surface area contributed by atoms with Gasteiger partial charge in [-0.05, 0) is 18.2 Å². The number of ether oxygens (including phenoxy) is 1. The number of para-hydroxylation sites is 1. The third-order valence-electron chi connectivity index (χ3n) is 2.58. The number of hydrogen-bond acceptors (Lipinski definition) is 6. The molecule has 0 bridgehead atoms. The van der Waals surface area contributed by atoms with Crippen LogP contribution in [-0.2, 0) is 0 Å². The lowest BCUT2D eigenvalue weighted by Gasteiger charge is -2.07. The highest BCUT2D eigenvalue weighted by atomic mass is 16.6. The van der Waals surface area contributed by atoms with E-state index in [1.165, 1.54) is 12.1 Å². The first-order valence-corrected chi connectivity index (χ1v) is 5.62. The fourth-order valence-electron chi connectivity index (χ4n) is 1.61. The summed E-state index contributed by atoms with van der Waals surface area (Å²) < 4.78 is 5.34. The SMILES string of the molecule is N#Cc1ccccc1Oc1ccc([N+](=O)[O-])cc1[N+](=O)[O-]. The van der Waals surface area contributed by atoms with Crippen LogP contribution in [0.1, 0.15) is 5.56 Å². The Kier molecular flexibility index (Phi) is 3.76. The summed E-state index contributed by atoms with van der Waals surface area (Å²) in [5, 5.41) is 30.6. The Balaban J connectivity index is 2.47. The minimum atomic E-state index is -0.780. The number of nitriles is 1. The van der Waals surface area contributed by atoms with Crippen molar-refractivity contribution >= 4 is 11.4 Å². The lowest BCUT2D eigenvalue weighted by molar-refractivity contribution is -0.394. The molecule has 0 fully saturated rings. The molecule has 0 unspecified atom stereocenters. The van der Waals surface area contributed by atoms with Gasteiger partial charge < -0.3 is 4.74 Å². The molecular weight excluding hydrogens is 278 g/mol. The normalized spacial score (nSPS) is 9.67. The van der Waals surface area contributed by atoms with Crippen LogP contribution in [0.15, 0.2) is 42.5 Å². The van der Waals surface area contributed by atoms with Crippen molar-refractivity contribution in [3.63, 3.8) is 0 Å². The summed E-state index contributed by atoms with van der Waals surface area (Å²) in [5.41, 5.74) is -0.760. The van der Waals surface area contributed by atoms with Crippen molar-refractivity contribution in [3.05, 3.63) is 68.3 Å². The second-order valence-electron chi connectivity index (χ2n) is 3.88. The average molecular weight is 285 g/mol. The molecule has 104 valence electrons. The predicted molar refractivity (Wildman–Crippen MR) is 71.0 cm³/mol. The molecule has 0 amide bonds. The largest absolute Gasteiger partial charge is 0.449 e. The minimum Gasteiger partial charge on any atom is -0.449 e. The van der Waals surface area contributed by atoms with E-state index in [2.05, 4.69) is 0 Å². The van der Waals surface area contributed by atoms with Gasteiger partial charge >= 0.3 is 5.69 Å². The molecule has 0 heterocycles. The van der Waals surface area contributed by atoms with Gasteiger partial charge in [-0.25, -0.2) is 0 Å². The molecular formula is C13H7N3O5. The van der Waals surface area contributed by atoms with Crippen molar-refractivity contribution in [2.75, 3.05) is 0 Å². The topological polar surface area (TPSA) is 119 Å². The average Bonchev–Trinajstić information content (AvgIpc) is 2.47. The quantitative estimate of drug-likeness (QED) is 0.628. The highest BCUT2D eigenvalue weighted by Gasteiger charge is 2.21. The maximum Gasteiger partial charge on any atom is 0.318 e. The van der Waals surface area contributed by atoms with Gasteiger partial charge in [0.05, 0.1) is 21.5 Å². The van der Waals surface area contributed by atoms with E-state index in [-0.39, 0.29) is 17.1 Å². The summed E-state index contributed by atoms with van der Waals surface area (Å²) in [4.78, 5) is 20.1. The van der Waals surface area contributed by atoms with E-state index >= 15 is 0 Å². The highest BCUT2D eigenvalue weighted by molar-refractivity contribution is 5.56. The van der Waals surface area contributed by atoms with Gasteiger partial charge in [-0.3, -0.25) is 20.2 Å². The van der Waals surface area contributed by atoms with Gasteiger partial charge in [-0.1, -0.05) is 12.1 Å². The van der Waals surface area contributed by atoms with Crippen molar-refractivity contribution in [1.82, 2.24) is 0 Å². The number of nitrogens with zero attached hydrogens (tertiary/aromatic N) is 3. The first kappa shape index (κ1) is 14.0. The van der Waals surface area contributed by atoms with Gasteiger partial charge in [0.15, 0.2) is 0 Å². The van der Waals surface area contributed by atoms with E-state index in [4.69, 9.17) is 10.00 Å². The van der Waals surface area contributed by atoms with E-state index in [1.54, 1.807) is 12.1 Å². The number of benzene rings is 2. The fourth-order valence-corrected chi connectivity index (χ4v) is 1.61. The van der Waals surface area contributed by atoms with Gasteiger partial charge in [0.25, 0.3) is 5.69 Å². The molecule has 0 aliphatic heterocycles. The predicted octanol–water partition coefficient (Wildman–Crippen LogP) is 3.17. The number of non-ortho nitro benzene ring substituents is 1. The molecule has 2 rings (SSSR count). The van der Waals surface area contributed by atoms with Crippen molar-refractivity contribution in [1.29, 1.82) is 5.26 Å². The lowest BCUT2D eigenvalue weighted by atomic mass is 10.2. The molecule has 0 aliphatic carbocycles. The molecule has 21 heavy (non-hydrogen) atoms. The van der Waals surface area contributed by atoms with Gasteiger partial charge in [0, 0.05) is 6.07 Å². The monoisotopic (exact) mass is 285 g/mol. The molecule has 0 N–H and O–H groups in total. The van der Waals surface area contributed by atoms with E-state index in [0.717, 1.165) is 18.2 Å². The Morgan fingerprint density at radius 2 is 1.71 bits per heavy atom. The highest BCUT2D eigenvalue weighted by Crippen LogP contribution is 2.35. The number of nitro benzene ring substituents is 2. The molecule has 8 heteroatoms. The first-order valence-electron chi connectivity index (χ1n) is 5.62. The zero-order valence-corrected chi connectivity index (χ0v) is 10.4. The standard InChI is InChI=1S/C13H7N3O5/c14-8-9-3-1-2-4-12(9)21-13-6-5-10(15(17)18)7-11(13)16(19)20/h1-7H. The zero-order chi connectivity index (χ0) is 15.4. The number of hydrogen-bond donors (Lipinski definition) is 0. The zero-order valence-electron chi connectivity index (χ0n) is 10.4. The van der Waals surface area contributed by atoms with E-state index < -0.39 is 21.2 Å². The summed E-state index contributed by atoms with van der Waals surface area (Å²) in [6.45, 7) is 0. The number of nitro groups is 2. The Morgan fingerprint density at radius 3 is 2.33 bits per heavy atom. The maximum atomic E-state index is 11.0. The molecule has 0 saturated carbocycles. The van der Waals surface area contributed by atoms with E-state index in [0.29, 0.717) is 0 Å². The summed E-state index contributed by atoms with van der Waals surface area (Å²) >= 11 is 0. The van der Waals surface area contributed by atoms with Crippen molar-refractivity contribution in [3.8, 4) is 17.6 Å². The third-order valence-corrected chi connectivity index (χ3v) is 2.58. The van der Waals surface area contributed by atoms with Crippen LogP contribution >= 0.6 is 0 Å². The molecule has 0 atom stereocenters. The van der Waals surface area contributed by atoms with Crippen LogP contribution in [-0.4, -0.2) is 9.85 Å². The van der Waals surface area contributed by atoms with E-state index in [1.807, 2.05) is 6.07 Å². The van der Waals surface area contributed by atoms with Crippen molar-refractivity contribution in [2.45, 2.75) is 0 Å². The second-order valence-corrected chi connectivity index (χ2v) is 3.88. The van der Waals surface area contributed by atoms with Crippen LogP contribution in [0.25, 0.3) is 0 Å². The Morgan fingerprint density at radius 1 is 1.00 bits per heavy atom. The van der Waals surface area contributed by atoms with E-state index in [9.17, 15) is 20.2 Å². The molecule has 0 aromatic heterocycles. The third kappa shape index (κ3) is 2.93. The molecule has 2 aromatic rings. The smallest absolute Gasteiger partial charge is 0.318 e. The van der Waals surface area contributed by atoms with Crippen LogP contribution in [0, 0.1) is 31.6 Å². The molecule has 0 radical (unpaired) electrons. The number of rotatable bonds is 4. The molecule has 8 nitrogen and oxygen atoms in total. The summed E-state index contributed by atoms with van der Waals surface area (Å²) in [7, 11) is 0. The van der Waals surface area contributed by atoms with Gasteiger partial charge in [0.2, 0.25) is 5.75 Å². The van der Waals surface area contributed by atoms with Gasteiger partial charge in [0.1, 0.15) is 11.8 Å². The van der Waals surface area contributed by atoms with Gasteiger partial charge in [-0.2, -0.15) is 5.26 Å². The lowest BCUT2D eigenvalue weighted by Crippen LogP contribution is -1.96. The second kappa shape index (κ2) is 5.66. The summed E-state index contributed by atoms with van der Waals surface area (Å²) in [5.74, 6) is -0.0368. The summed E-state index contributed by atoms with van der Waals surface area (Å²) in [6.07, 6.45) is 0.